The molecule has 0 saturated carbocycles. The summed E-state index contributed by atoms with van der Waals surface area (Å²) in [5.41, 5.74) is 2.75. The van der Waals surface area contributed by atoms with Gasteiger partial charge in [0.25, 0.3) is 0 Å². The van der Waals surface area contributed by atoms with Crippen LogP contribution in [0.25, 0.3) is 0 Å². The molecule has 0 fully saturated rings. The second-order valence-corrected chi connectivity index (χ2v) is 11.0. The molecule has 1 atom stereocenters. The Morgan fingerprint density at radius 2 is 1.80 bits per heavy atom. The van der Waals surface area contributed by atoms with Crippen LogP contribution in [0.3, 0.4) is 0 Å². The maximum atomic E-state index is 13.3. The fourth-order valence-corrected chi connectivity index (χ4v) is 6.81. The molecule has 1 unspecified atom stereocenters. The Balaban J connectivity index is 2.08. The van der Waals surface area contributed by atoms with Gasteiger partial charge in [-0.05, 0) is 48.2 Å². The number of carbonyl (C=O) groups is 1. The molecule has 0 aliphatic rings. The Morgan fingerprint density at radius 1 is 1.10 bits per heavy atom. The minimum atomic E-state index is -3.61. The molecular weight excluding hydrogens is 418 g/mol. The molecule has 3 rings (SSSR count). The summed E-state index contributed by atoms with van der Waals surface area (Å²) >= 11 is 1.25. The quantitative estimate of drug-likeness (QED) is 0.478. The van der Waals surface area contributed by atoms with Crippen molar-refractivity contribution in [2.45, 2.75) is 43.8 Å². The lowest BCUT2D eigenvalue weighted by molar-refractivity contribution is -0.136. The minimum absolute atomic E-state index is 0.124. The van der Waals surface area contributed by atoms with Crippen molar-refractivity contribution in [1.82, 2.24) is 4.98 Å². The summed E-state index contributed by atoms with van der Waals surface area (Å²) in [6, 6.07) is 15.2. The fourth-order valence-electron chi connectivity index (χ4n) is 3.74. The molecule has 30 heavy (non-hydrogen) atoms. The minimum Gasteiger partial charge on any atom is -0.481 e. The normalized spacial score (nSPS) is 13.8. The zero-order valence-electron chi connectivity index (χ0n) is 17.2. The highest BCUT2D eigenvalue weighted by molar-refractivity contribution is 7.92. The van der Waals surface area contributed by atoms with Crippen molar-refractivity contribution in [2.75, 3.05) is 6.26 Å². The van der Waals surface area contributed by atoms with Gasteiger partial charge in [0.2, 0.25) is 0 Å². The maximum Gasteiger partial charge on any atom is 0.308 e. The second kappa shape index (κ2) is 9.18. The number of carboxylic acid groups (broad SMARTS) is 1. The fraction of sp³-hybridized carbons (Fsp3) is 0.348. The van der Waals surface area contributed by atoms with Gasteiger partial charge in [-0.2, -0.15) is 0 Å². The summed E-state index contributed by atoms with van der Waals surface area (Å²) < 4.78 is 25.2. The number of thiophene rings is 1. The van der Waals surface area contributed by atoms with Crippen LogP contribution in [0.5, 0.6) is 0 Å². The van der Waals surface area contributed by atoms with E-state index in [9.17, 15) is 13.2 Å². The van der Waals surface area contributed by atoms with Crippen LogP contribution in [0.1, 0.15) is 46.3 Å². The number of hydrogen-bond acceptors (Lipinski definition) is 4. The predicted molar refractivity (Wildman–Crippen MR) is 121 cm³/mol. The average molecular weight is 446 g/mol. The topological polar surface area (TPSA) is 87.2 Å². The van der Waals surface area contributed by atoms with Crippen molar-refractivity contribution in [1.29, 1.82) is 0 Å². The van der Waals surface area contributed by atoms with Crippen molar-refractivity contribution >= 4 is 27.1 Å². The number of rotatable bonds is 10. The molecule has 0 spiro atoms. The summed E-state index contributed by atoms with van der Waals surface area (Å²) in [5, 5.41) is 9.13. The van der Waals surface area contributed by atoms with Crippen LogP contribution < -0.4 is 0 Å². The number of nitrogens with one attached hydrogen (secondary N) is 1. The molecule has 7 heteroatoms. The molecule has 2 aromatic heterocycles. The zero-order valence-corrected chi connectivity index (χ0v) is 18.9. The summed E-state index contributed by atoms with van der Waals surface area (Å²) in [7, 11) is -3.61. The van der Waals surface area contributed by atoms with Gasteiger partial charge in [0.1, 0.15) is 4.75 Å². The molecule has 0 amide bonds. The van der Waals surface area contributed by atoms with E-state index in [1.165, 1.54) is 23.2 Å². The second-order valence-electron chi connectivity index (χ2n) is 7.62. The maximum absolute atomic E-state index is 13.3. The van der Waals surface area contributed by atoms with Crippen LogP contribution >= 0.6 is 11.3 Å². The van der Waals surface area contributed by atoms with Gasteiger partial charge in [-0.1, -0.05) is 37.6 Å². The van der Waals surface area contributed by atoms with E-state index in [1.54, 1.807) is 30.5 Å². The Labute approximate surface area is 181 Å². The molecule has 2 N–H and O–H groups in total. The van der Waals surface area contributed by atoms with E-state index in [0.29, 0.717) is 15.4 Å². The number of carboxylic acids is 1. The molecule has 0 radical (unpaired) electrons. The number of hydrogen-bond donors (Lipinski definition) is 2. The van der Waals surface area contributed by atoms with E-state index < -0.39 is 20.6 Å². The van der Waals surface area contributed by atoms with E-state index in [2.05, 4.69) is 24.0 Å². The molecule has 5 nitrogen and oxygen atoms in total. The van der Waals surface area contributed by atoms with Gasteiger partial charge in [0.05, 0.1) is 6.42 Å². The zero-order chi connectivity index (χ0) is 21.8. The first-order valence-electron chi connectivity index (χ1n) is 9.98. The number of aromatic amines is 1. The highest BCUT2D eigenvalue weighted by atomic mass is 32.2. The number of aryl methyl sites for hydroxylation is 1. The van der Waals surface area contributed by atoms with Crippen LogP contribution in [-0.2, 0) is 38.6 Å². The average Bonchev–Trinajstić information content (AvgIpc) is 3.36. The largest absolute Gasteiger partial charge is 0.481 e. The summed E-state index contributed by atoms with van der Waals surface area (Å²) in [5.74, 6) is -0.934. The molecule has 0 aliphatic carbocycles. The molecule has 160 valence electrons. The number of benzene rings is 1. The lowest BCUT2D eigenvalue weighted by Crippen LogP contribution is -2.38. The SMILES string of the molecule is CCCCc1ccc(CC(c2ccc[nH]2)(c2ccc(CC(=O)O)s2)S(C)(=O)=O)cc1. The lowest BCUT2D eigenvalue weighted by Gasteiger charge is -2.31. The summed E-state index contributed by atoms with van der Waals surface area (Å²) in [4.78, 5) is 15.5. The predicted octanol–water partition coefficient (Wildman–Crippen LogP) is 4.58. The Morgan fingerprint density at radius 3 is 2.37 bits per heavy atom. The van der Waals surface area contributed by atoms with Gasteiger partial charge in [-0.25, -0.2) is 8.42 Å². The number of sulfone groups is 1. The van der Waals surface area contributed by atoms with Crippen molar-refractivity contribution in [3.63, 3.8) is 0 Å². The van der Waals surface area contributed by atoms with Crippen LogP contribution in [0, 0.1) is 0 Å². The van der Waals surface area contributed by atoms with Gasteiger partial charge in [-0.15, -0.1) is 11.3 Å². The summed E-state index contributed by atoms with van der Waals surface area (Å²) in [6.07, 6.45) is 6.37. The third-order valence-corrected chi connectivity index (χ3v) is 8.57. The van der Waals surface area contributed by atoms with E-state index in [-0.39, 0.29) is 12.8 Å². The summed E-state index contributed by atoms with van der Waals surface area (Å²) in [6.45, 7) is 2.16. The van der Waals surface area contributed by atoms with E-state index >= 15 is 0 Å². The first kappa shape index (κ1) is 22.3. The number of H-pyrrole nitrogens is 1. The highest BCUT2D eigenvalue weighted by Crippen LogP contribution is 2.43. The molecule has 1 aromatic carbocycles. The third-order valence-electron chi connectivity index (χ3n) is 5.35. The van der Waals surface area contributed by atoms with Gasteiger partial charge in [-0.3, -0.25) is 4.79 Å². The number of aromatic nitrogens is 1. The monoisotopic (exact) mass is 445 g/mol. The van der Waals surface area contributed by atoms with Crippen molar-refractivity contribution in [3.8, 4) is 0 Å². The molecule has 0 aliphatic heterocycles. The number of unbranched alkanes of at least 4 members (excludes halogenated alkanes) is 1. The highest BCUT2D eigenvalue weighted by Gasteiger charge is 2.46. The molecular formula is C23H27NO4S2. The molecule has 0 saturated heterocycles. The van der Waals surface area contributed by atoms with E-state index in [4.69, 9.17) is 5.11 Å². The van der Waals surface area contributed by atoms with Gasteiger partial charge in [0, 0.05) is 34.3 Å². The van der Waals surface area contributed by atoms with Gasteiger partial charge >= 0.3 is 5.97 Å². The van der Waals surface area contributed by atoms with Gasteiger partial charge in [0.15, 0.2) is 9.84 Å². The third kappa shape index (κ3) is 4.68. The van der Waals surface area contributed by atoms with Gasteiger partial charge < -0.3 is 10.1 Å². The van der Waals surface area contributed by atoms with Crippen molar-refractivity contribution in [2.24, 2.45) is 0 Å². The Hall–Kier alpha value is -2.38. The Bertz CT molecular complexity index is 1080. The van der Waals surface area contributed by atoms with E-state index in [0.717, 1.165) is 24.8 Å². The first-order valence-corrected chi connectivity index (χ1v) is 12.7. The van der Waals surface area contributed by atoms with E-state index in [1.807, 2.05) is 12.1 Å². The van der Waals surface area contributed by atoms with Crippen LogP contribution in [0.4, 0.5) is 0 Å². The molecule has 3 aromatic rings. The first-order chi connectivity index (χ1) is 14.3. The standard InChI is InChI=1S/C23H27NO4S2/c1-3-4-6-17-8-10-18(11-9-17)16-23(30(2,27)28,20-7-5-14-24-20)21-13-12-19(29-21)15-22(25)26/h5,7-14,24H,3-4,6,15-16H2,1-2H3,(H,25,26). The Kier molecular flexibility index (Phi) is 6.83. The van der Waals surface area contributed by atoms with Crippen LogP contribution in [0.2, 0.25) is 0 Å². The molecule has 0 bridgehead atoms. The lowest BCUT2D eigenvalue weighted by atomic mass is 9.92. The van der Waals surface area contributed by atoms with Crippen molar-refractivity contribution < 1.29 is 18.3 Å². The molecule has 2 heterocycles. The van der Waals surface area contributed by atoms with Crippen molar-refractivity contribution in [3.05, 3.63) is 81.3 Å². The van der Waals surface area contributed by atoms with Crippen LogP contribution in [-0.4, -0.2) is 30.7 Å². The smallest absolute Gasteiger partial charge is 0.308 e. The number of aliphatic carboxylic acids is 1. The van der Waals surface area contributed by atoms with Crippen LogP contribution in [0.15, 0.2) is 54.7 Å².